The second-order valence-electron chi connectivity index (χ2n) is 4.19. The Kier molecular flexibility index (Phi) is 5.53. The van der Waals surface area contributed by atoms with Gasteiger partial charge in [-0.05, 0) is 28.1 Å². The largest absolute Gasteiger partial charge is 0.351 e. The minimum Gasteiger partial charge on any atom is -0.351 e. The molecule has 0 radical (unpaired) electrons. The SMILES string of the molecule is O=C(NCCN1CCSCC1)c1ccccc1Br. The molecule has 0 bridgehead atoms. The van der Waals surface area contributed by atoms with Crippen LogP contribution in [0.25, 0.3) is 0 Å². The summed E-state index contributed by atoms with van der Waals surface area (Å²) in [6.07, 6.45) is 0. The molecule has 0 unspecified atom stereocenters. The number of amides is 1. The van der Waals surface area contributed by atoms with Crippen molar-refractivity contribution in [2.45, 2.75) is 0 Å². The second kappa shape index (κ2) is 7.16. The van der Waals surface area contributed by atoms with Crippen molar-refractivity contribution in [2.75, 3.05) is 37.7 Å². The average molecular weight is 329 g/mol. The Balaban J connectivity index is 1.76. The van der Waals surface area contributed by atoms with Gasteiger partial charge in [0.1, 0.15) is 0 Å². The zero-order valence-electron chi connectivity index (χ0n) is 10.2. The van der Waals surface area contributed by atoms with Crippen LogP contribution in [0.4, 0.5) is 0 Å². The van der Waals surface area contributed by atoms with Crippen molar-refractivity contribution in [1.29, 1.82) is 0 Å². The third-order valence-corrected chi connectivity index (χ3v) is 4.57. The summed E-state index contributed by atoms with van der Waals surface area (Å²) in [7, 11) is 0. The van der Waals surface area contributed by atoms with Crippen LogP contribution >= 0.6 is 27.7 Å². The number of carbonyl (C=O) groups excluding carboxylic acids is 1. The lowest BCUT2D eigenvalue weighted by molar-refractivity contribution is 0.0948. The van der Waals surface area contributed by atoms with Gasteiger partial charge in [-0.25, -0.2) is 0 Å². The van der Waals surface area contributed by atoms with E-state index in [1.165, 1.54) is 11.5 Å². The fourth-order valence-electron chi connectivity index (χ4n) is 1.89. The standard InChI is InChI=1S/C13H17BrN2OS/c14-12-4-2-1-3-11(12)13(17)15-5-6-16-7-9-18-10-8-16/h1-4H,5-10H2,(H,15,17). The van der Waals surface area contributed by atoms with Crippen LogP contribution in [0.3, 0.4) is 0 Å². The van der Waals surface area contributed by atoms with E-state index in [-0.39, 0.29) is 5.91 Å². The predicted molar refractivity (Wildman–Crippen MR) is 80.2 cm³/mol. The van der Waals surface area contributed by atoms with E-state index >= 15 is 0 Å². The van der Waals surface area contributed by atoms with E-state index in [0.29, 0.717) is 12.1 Å². The van der Waals surface area contributed by atoms with Crippen molar-refractivity contribution >= 4 is 33.6 Å². The quantitative estimate of drug-likeness (QED) is 0.919. The summed E-state index contributed by atoms with van der Waals surface area (Å²) in [5, 5.41) is 2.97. The number of thioether (sulfide) groups is 1. The molecule has 1 fully saturated rings. The van der Waals surface area contributed by atoms with Crippen LogP contribution in [0.2, 0.25) is 0 Å². The summed E-state index contributed by atoms with van der Waals surface area (Å²) in [6.45, 7) is 3.92. The first-order chi connectivity index (χ1) is 8.77. The maximum atomic E-state index is 11.9. The Morgan fingerprint density at radius 2 is 2.06 bits per heavy atom. The molecule has 1 aromatic carbocycles. The third kappa shape index (κ3) is 4.00. The molecular formula is C13H17BrN2OS. The molecule has 98 valence electrons. The molecule has 2 rings (SSSR count). The molecule has 0 saturated carbocycles. The maximum Gasteiger partial charge on any atom is 0.252 e. The first kappa shape index (κ1) is 13.9. The van der Waals surface area contributed by atoms with Crippen molar-refractivity contribution < 1.29 is 4.79 Å². The van der Waals surface area contributed by atoms with Crippen LogP contribution in [0, 0.1) is 0 Å². The van der Waals surface area contributed by atoms with Crippen LogP contribution < -0.4 is 5.32 Å². The summed E-state index contributed by atoms with van der Waals surface area (Å²) in [5.74, 6) is 2.41. The molecule has 1 saturated heterocycles. The topological polar surface area (TPSA) is 32.3 Å². The number of benzene rings is 1. The fourth-order valence-corrected chi connectivity index (χ4v) is 3.34. The van der Waals surface area contributed by atoms with Gasteiger partial charge in [0.2, 0.25) is 0 Å². The number of halogens is 1. The molecule has 1 aromatic rings. The molecule has 3 nitrogen and oxygen atoms in total. The molecule has 1 N–H and O–H groups in total. The van der Waals surface area contributed by atoms with Crippen molar-refractivity contribution in [3.8, 4) is 0 Å². The van der Waals surface area contributed by atoms with Gasteiger partial charge >= 0.3 is 0 Å². The van der Waals surface area contributed by atoms with E-state index < -0.39 is 0 Å². The van der Waals surface area contributed by atoms with Crippen molar-refractivity contribution in [3.05, 3.63) is 34.3 Å². The lowest BCUT2D eigenvalue weighted by atomic mass is 10.2. The van der Waals surface area contributed by atoms with Crippen LogP contribution in [0.5, 0.6) is 0 Å². The van der Waals surface area contributed by atoms with Gasteiger partial charge in [-0.15, -0.1) is 0 Å². The van der Waals surface area contributed by atoms with Gasteiger partial charge < -0.3 is 5.32 Å². The summed E-state index contributed by atoms with van der Waals surface area (Å²) in [6, 6.07) is 7.50. The molecule has 1 amide bonds. The molecule has 1 aliphatic heterocycles. The van der Waals surface area contributed by atoms with Crippen LogP contribution in [0.15, 0.2) is 28.7 Å². The molecule has 1 aliphatic rings. The predicted octanol–water partition coefficient (Wildman–Crippen LogP) is 2.23. The Morgan fingerprint density at radius 3 is 2.78 bits per heavy atom. The van der Waals surface area contributed by atoms with Crippen molar-refractivity contribution in [2.24, 2.45) is 0 Å². The van der Waals surface area contributed by atoms with Gasteiger partial charge in [-0.3, -0.25) is 9.69 Å². The molecule has 0 aliphatic carbocycles. The smallest absolute Gasteiger partial charge is 0.252 e. The average Bonchev–Trinajstić information content (AvgIpc) is 2.40. The number of rotatable bonds is 4. The summed E-state index contributed by atoms with van der Waals surface area (Å²) < 4.78 is 0.844. The van der Waals surface area contributed by atoms with Gasteiger partial charge in [-0.2, -0.15) is 11.8 Å². The number of hydrogen-bond donors (Lipinski definition) is 1. The van der Waals surface area contributed by atoms with Crippen LogP contribution in [0.1, 0.15) is 10.4 Å². The minimum atomic E-state index is -0.00569. The van der Waals surface area contributed by atoms with Crippen LogP contribution in [-0.4, -0.2) is 48.5 Å². The highest BCUT2D eigenvalue weighted by molar-refractivity contribution is 9.10. The number of carbonyl (C=O) groups is 1. The summed E-state index contributed by atoms with van der Waals surface area (Å²) in [4.78, 5) is 14.3. The Labute approximate surface area is 120 Å². The number of nitrogens with one attached hydrogen (secondary N) is 1. The Morgan fingerprint density at radius 1 is 1.33 bits per heavy atom. The molecule has 0 spiro atoms. The molecule has 5 heteroatoms. The lowest BCUT2D eigenvalue weighted by Crippen LogP contribution is -2.39. The van der Waals surface area contributed by atoms with Gasteiger partial charge in [0.15, 0.2) is 0 Å². The zero-order valence-corrected chi connectivity index (χ0v) is 12.6. The lowest BCUT2D eigenvalue weighted by Gasteiger charge is -2.26. The van der Waals surface area contributed by atoms with Crippen molar-refractivity contribution in [3.63, 3.8) is 0 Å². The van der Waals surface area contributed by atoms with Gasteiger partial charge in [-0.1, -0.05) is 12.1 Å². The van der Waals surface area contributed by atoms with E-state index in [2.05, 4.69) is 26.1 Å². The third-order valence-electron chi connectivity index (χ3n) is 2.94. The molecule has 0 aromatic heterocycles. The molecule has 1 heterocycles. The summed E-state index contributed by atoms with van der Waals surface area (Å²) >= 11 is 5.39. The van der Waals surface area contributed by atoms with E-state index in [4.69, 9.17) is 0 Å². The van der Waals surface area contributed by atoms with Crippen LogP contribution in [-0.2, 0) is 0 Å². The number of nitrogens with zero attached hydrogens (tertiary/aromatic N) is 1. The number of hydrogen-bond acceptors (Lipinski definition) is 3. The molecule has 18 heavy (non-hydrogen) atoms. The fraction of sp³-hybridized carbons (Fsp3) is 0.462. The normalized spacial score (nSPS) is 16.5. The monoisotopic (exact) mass is 328 g/mol. The van der Waals surface area contributed by atoms with Crippen molar-refractivity contribution in [1.82, 2.24) is 10.2 Å². The summed E-state index contributed by atoms with van der Waals surface area (Å²) in [5.41, 5.74) is 0.701. The highest BCUT2D eigenvalue weighted by Gasteiger charge is 2.11. The first-order valence-electron chi connectivity index (χ1n) is 6.10. The molecular weight excluding hydrogens is 312 g/mol. The van der Waals surface area contributed by atoms with E-state index in [1.807, 2.05) is 36.0 Å². The maximum absolute atomic E-state index is 11.9. The van der Waals surface area contributed by atoms with Gasteiger partial charge in [0.05, 0.1) is 5.56 Å². The van der Waals surface area contributed by atoms with E-state index in [0.717, 1.165) is 24.1 Å². The first-order valence-corrected chi connectivity index (χ1v) is 8.05. The highest BCUT2D eigenvalue weighted by Crippen LogP contribution is 2.15. The Hall–Kier alpha value is -0.520. The Bertz CT molecular complexity index is 408. The van der Waals surface area contributed by atoms with Gasteiger partial charge in [0.25, 0.3) is 5.91 Å². The minimum absolute atomic E-state index is 0.00569. The highest BCUT2D eigenvalue weighted by atomic mass is 79.9. The second-order valence-corrected chi connectivity index (χ2v) is 6.27. The van der Waals surface area contributed by atoms with Gasteiger partial charge in [0, 0.05) is 42.2 Å². The zero-order chi connectivity index (χ0) is 12.8. The van der Waals surface area contributed by atoms with E-state index in [9.17, 15) is 4.79 Å². The molecule has 0 atom stereocenters. The van der Waals surface area contributed by atoms with E-state index in [1.54, 1.807) is 0 Å².